The van der Waals surface area contributed by atoms with Crippen molar-refractivity contribution >= 4 is 11.2 Å². The second-order valence-electron chi connectivity index (χ2n) is 5.12. The molecule has 3 heterocycles. The lowest BCUT2D eigenvalue weighted by atomic mass is 10.1. The topological polar surface area (TPSA) is 129 Å². The third-order valence-electron chi connectivity index (χ3n) is 3.87. The molecule has 4 N–H and O–H groups in total. The van der Waals surface area contributed by atoms with Crippen LogP contribution in [0.2, 0.25) is 0 Å². The van der Waals surface area contributed by atoms with Crippen molar-refractivity contribution in [3.05, 3.63) is 17.6 Å². The zero-order valence-electron chi connectivity index (χ0n) is 11.6. The van der Waals surface area contributed by atoms with E-state index in [9.17, 15) is 10.2 Å². The number of nitrogens with zero attached hydrogens (tertiary/aromatic N) is 4. The third kappa shape index (κ3) is 1.97. The summed E-state index contributed by atoms with van der Waals surface area (Å²) in [7, 11) is 1.72. The van der Waals surface area contributed by atoms with Crippen molar-refractivity contribution in [3.8, 4) is 0 Å². The first-order chi connectivity index (χ1) is 9.95. The molecule has 1 aliphatic rings. The van der Waals surface area contributed by atoms with Gasteiger partial charge in [0.15, 0.2) is 17.4 Å². The van der Waals surface area contributed by atoms with Crippen LogP contribution in [0.25, 0.3) is 11.2 Å². The van der Waals surface area contributed by atoms with Gasteiger partial charge in [-0.25, -0.2) is 9.97 Å². The van der Waals surface area contributed by atoms with E-state index in [-0.39, 0.29) is 5.49 Å². The highest BCUT2D eigenvalue weighted by atomic mass is 16.6. The van der Waals surface area contributed by atoms with E-state index in [4.69, 9.17) is 15.3 Å². The van der Waals surface area contributed by atoms with Gasteiger partial charge in [0.1, 0.15) is 29.7 Å². The summed E-state index contributed by atoms with van der Waals surface area (Å²) >= 11 is 0. The number of nitrogens with one attached hydrogen (secondary N) is 1. The largest absolute Gasteiger partial charge is 0.394 e. The first kappa shape index (κ1) is 14.1. The fourth-order valence-corrected chi connectivity index (χ4v) is 2.48. The highest BCUT2D eigenvalue weighted by Gasteiger charge is 2.43. The minimum atomic E-state index is -1.20. The van der Waals surface area contributed by atoms with Crippen LogP contribution in [0, 0.1) is 12.3 Å². The Morgan fingerprint density at radius 3 is 2.71 bits per heavy atom. The molecule has 4 atom stereocenters. The predicted molar refractivity (Wildman–Crippen MR) is 70.1 cm³/mol. The van der Waals surface area contributed by atoms with E-state index in [1.165, 1.54) is 10.9 Å². The van der Waals surface area contributed by atoms with Gasteiger partial charge in [0.05, 0.1) is 12.9 Å². The van der Waals surface area contributed by atoms with E-state index >= 15 is 0 Å². The lowest BCUT2D eigenvalue weighted by Crippen LogP contribution is -2.33. The Hall–Kier alpha value is -1.81. The quantitative estimate of drug-likeness (QED) is 0.515. The van der Waals surface area contributed by atoms with Crippen molar-refractivity contribution in [2.75, 3.05) is 6.61 Å². The summed E-state index contributed by atoms with van der Waals surface area (Å²) in [5, 5.41) is 37.1. The molecule has 114 valence electrons. The number of imidazole rings is 1. The predicted octanol–water partition coefficient (Wildman–Crippen LogP) is -1.83. The maximum atomic E-state index is 10.1. The standard InChI is InChI=1S/C12H17N5O4/c1-5-15-11-7(10(13)16(5)2)14-4-17(11)12-9(20)8(19)6(3-18)21-12/h4,6,8-9,12-13,18-20H,3H2,1-2H3/t6-,8-,9-,12-/m1/s1. The average molecular weight is 295 g/mol. The van der Waals surface area contributed by atoms with Gasteiger partial charge < -0.3 is 24.6 Å². The lowest BCUT2D eigenvalue weighted by Gasteiger charge is -2.16. The van der Waals surface area contributed by atoms with Gasteiger partial charge in [0, 0.05) is 7.05 Å². The van der Waals surface area contributed by atoms with E-state index in [2.05, 4.69) is 9.97 Å². The maximum Gasteiger partial charge on any atom is 0.167 e. The van der Waals surface area contributed by atoms with Crippen molar-refractivity contribution in [1.29, 1.82) is 5.41 Å². The van der Waals surface area contributed by atoms with Gasteiger partial charge in [-0.2, -0.15) is 0 Å². The number of rotatable bonds is 2. The summed E-state index contributed by atoms with van der Waals surface area (Å²) in [5.41, 5.74) is 0.967. The summed E-state index contributed by atoms with van der Waals surface area (Å²) < 4.78 is 8.53. The zero-order chi connectivity index (χ0) is 15.3. The van der Waals surface area contributed by atoms with Gasteiger partial charge in [0.2, 0.25) is 0 Å². The molecule has 0 aromatic carbocycles. The number of hydrogen-bond acceptors (Lipinski definition) is 7. The number of aliphatic hydroxyl groups excluding tert-OH is 3. The van der Waals surface area contributed by atoms with Gasteiger partial charge in [0.25, 0.3) is 0 Å². The van der Waals surface area contributed by atoms with E-state index in [0.717, 1.165) is 0 Å². The molecule has 1 fully saturated rings. The highest BCUT2D eigenvalue weighted by molar-refractivity contribution is 5.69. The summed E-state index contributed by atoms with van der Waals surface area (Å²) in [6.07, 6.45) is -2.74. The Morgan fingerprint density at radius 1 is 1.38 bits per heavy atom. The summed E-state index contributed by atoms with van der Waals surface area (Å²) in [6.45, 7) is 1.36. The molecule has 9 heteroatoms. The SMILES string of the molecule is Cc1nc2c(ncn2[C@@H]2O[C@H](CO)[C@@H](O)[C@H]2O)c(=N)n1C. The van der Waals surface area contributed by atoms with Crippen LogP contribution in [0.1, 0.15) is 12.1 Å². The van der Waals surface area contributed by atoms with Crippen LogP contribution in [-0.4, -0.2) is 59.3 Å². The molecule has 0 aliphatic carbocycles. The number of ether oxygens (including phenoxy) is 1. The van der Waals surface area contributed by atoms with Crippen molar-refractivity contribution in [2.45, 2.75) is 31.5 Å². The molecule has 0 saturated carbocycles. The number of aryl methyl sites for hydroxylation is 1. The van der Waals surface area contributed by atoms with Crippen molar-refractivity contribution in [1.82, 2.24) is 19.1 Å². The molecule has 0 spiro atoms. The third-order valence-corrected chi connectivity index (χ3v) is 3.87. The number of aromatic nitrogens is 4. The molecule has 9 nitrogen and oxygen atoms in total. The Kier molecular flexibility index (Phi) is 3.29. The molecular weight excluding hydrogens is 278 g/mol. The first-order valence-corrected chi connectivity index (χ1v) is 6.53. The smallest absolute Gasteiger partial charge is 0.167 e. The summed E-state index contributed by atoms with van der Waals surface area (Å²) in [5.74, 6) is 0.612. The van der Waals surface area contributed by atoms with Gasteiger partial charge in [-0.3, -0.25) is 9.98 Å². The van der Waals surface area contributed by atoms with Crippen LogP contribution in [0.4, 0.5) is 0 Å². The van der Waals surface area contributed by atoms with Crippen LogP contribution in [0.15, 0.2) is 6.33 Å². The fraction of sp³-hybridized carbons (Fsp3) is 0.583. The second-order valence-corrected chi connectivity index (χ2v) is 5.12. The maximum absolute atomic E-state index is 10.1. The van der Waals surface area contributed by atoms with E-state index < -0.39 is 31.1 Å². The molecule has 2 aromatic rings. The van der Waals surface area contributed by atoms with Gasteiger partial charge in [-0.05, 0) is 6.92 Å². The summed E-state index contributed by atoms with van der Waals surface area (Å²) in [4.78, 5) is 8.49. The molecule has 1 aliphatic heterocycles. The zero-order valence-corrected chi connectivity index (χ0v) is 11.6. The Labute approximate surface area is 119 Å². The monoisotopic (exact) mass is 295 g/mol. The molecule has 0 amide bonds. The molecule has 1 saturated heterocycles. The molecule has 0 bridgehead atoms. The van der Waals surface area contributed by atoms with Crippen molar-refractivity contribution in [3.63, 3.8) is 0 Å². The Morgan fingerprint density at radius 2 is 2.10 bits per heavy atom. The van der Waals surface area contributed by atoms with Crippen LogP contribution in [0.5, 0.6) is 0 Å². The van der Waals surface area contributed by atoms with Crippen molar-refractivity contribution in [2.24, 2.45) is 7.05 Å². The molecule has 0 radical (unpaired) electrons. The van der Waals surface area contributed by atoms with Crippen LogP contribution in [-0.2, 0) is 11.8 Å². The van der Waals surface area contributed by atoms with Gasteiger partial charge in [-0.15, -0.1) is 0 Å². The van der Waals surface area contributed by atoms with Crippen LogP contribution >= 0.6 is 0 Å². The molecule has 2 aromatic heterocycles. The molecular formula is C12H17N5O4. The average Bonchev–Trinajstić information content (AvgIpc) is 2.99. The minimum Gasteiger partial charge on any atom is -0.394 e. The normalized spacial score (nSPS) is 29.4. The fourth-order valence-electron chi connectivity index (χ4n) is 2.48. The molecule has 21 heavy (non-hydrogen) atoms. The number of aliphatic hydroxyl groups is 3. The van der Waals surface area contributed by atoms with Crippen LogP contribution < -0.4 is 5.49 Å². The minimum absolute atomic E-state index is 0.197. The molecule has 0 unspecified atom stereocenters. The highest BCUT2D eigenvalue weighted by Crippen LogP contribution is 2.30. The van der Waals surface area contributed by atoms with Gasteiger partial charge >= 0.3 is 0 Å². The lowest BCUT2D eigenvalue weighted by molar-refractivity contribution is -0.0511. The number of hydrogen-bond donors (Lipinski definition) is 4. The van der Waals surface area contributed by atoms with Gasteiger partial charge in [-0.1, -0.05) is 0 Å². The summed E-state index contributed by atoms with van der Waals surface area (Å²) in [6, 6.07) is 0. The second kappa shape index (κ2) is 4.88. The first-order valence-electron chi connectivity index (χ1n) is 6.53. The Bertz CT molecular complexity index is 739. The van der Waals surface area contributed by atoms with E-state index in [1.54, 1.807) is 18.5 Å². The van der Waals surface area contributed by atoms with E-state index in [1.807, 2.05) is 0 Å². The molecule has 3 rings (SSSR count). The van der Waals surface area contributed by atoms with Crippen LogP contribution in [0.3, 0.4) is 0 Å². The number of fused-ring (bicyclic) bond motifs is 1. The van der Waals surface area contributed by atoms with E-state index in [0.29, 0.717) is 17.0 Å². The Balaban J connectivity index is 2.12. The van der Waals surface area contributed by atoms with Crippen molar-refractivity contribution < 1.29 is 20.1 Å².